The van der Waals surface area contributed by atoms with Gasteiger partial charge in [0.1, 0.15) is 6.61 Å². The Morgan fingerprint density at radius 1 is 1.43 bits per heavy atom. The number of carbonyl (C=O) groups is 2. The lowest BCUT2D eigenvalue weighted by Crippen LogP contribution is -2.26. The van der Waals surface area contributed by atoms with Crippen molar-refractivity contribution < 1.29 is 24.3 Å². The number of hydroxylamine groups is 1. The van der Waals surface area contributed by atoms with E-state index in [2.05, 4.69) is 9.57 Å². The van der Waals surface area contributed by atoms with E-state index in [1.807, 2.05) is 0 Å². The lowest BCUT2D eigenvalue weighted by molar-refractivity contribution is -0.159. The third kappa shape index (κ3) is 13.2. The molecule has 0 radical (unpaired) electrons. The number of ether oxygens (including phenoxy) is 1. The van der Waals surface area contributed by atoms with Crippen LogP contribution >= 0.6 is 0 Å². The number of aliphatic hydroxyl groups is 1. The summed E-state index contributed by atoms with van der Waals surface area (Å²) in [4.78, 5) is 24.8. The summed E-state index contributed by atoms with van der Waals surface area (Å²) in [6.45, 7) is 0.892. The summed E-state index contributed by atoms with van der Waals surface area (Å²) in [6, 6.07) is 0. The summed E-state index contributed by atoms with van der Waals surface area (Å²) in [6.07, 6.45) is 2.67. The summed E-state index contributed by atoms with van der Waals surface area (Å²) in [5.41, 5.74) is 1.80. The highest BCUT2D eigenvalue weighted by Gasteiger charge is 2.00. The molecule has 0 aliphatic heterocycles. The van der Waals surface area contributed by atoms with Crippen molar-refractivity contribution in [1.82, 2.24) is 5.48 Å². The van der Waals surface area contributed by atoms with Crippen molar-refractivity contribution in [2.75, 3.05) is 20.8 Å². The van der Waals surface area contributed by atoms with Crippen LogP contribution in [0.4, 0.5) is 0 Å². The maximum absolute atomic E-state index is 10.5. The molecule has 0 aromatic rings. The van der Waals surface area contributed by atoms with Gasteiger partial charge >= 0.3 is 5.97 Å². The minimum absolute atomic E-state index is 0.547. The minimum atomic E-state index is -0.900. The highest BCUT2D eigenvalue weighted by molar-refractivity contribution is 5.87. The Bertz CT molecular complexity index is 190. The molecule has 0 saturated heterocycles. The number of rotatable bonds is 2. The fourth-order valence-electron chi connectivity index (χ4n) is 0.325. The molecule has 0 aromatic heterocycles. The van der Waals surface area contributed by atoms with Crippen molar-refractivity contribution in [2.24, 2.45) is 0 Å². The van der Waals surface area contributed by atoms with Gasteiger partial charge in [0, 0.05) is 20.3 Å². The molecular formula is C8H15NO5. The molecule has 1 amide bonds. The molecule has 0 rings (SSSR count). The molecule has 0 aromatic carbocycles. The van der Waals surface area contributed by atoms with E-state index in [4.69, 9.17) is 5.11 Å². The molecule has 14 heavy (non-hydrogen) atoms. The second-order valence-corrected chi connectivity index (χ2v) is 2.01. The van der Waals surface area contributed by atoms with E-state index in [1.54, 1.807) is 26.6 Å². The highest BCUT2D eigenvalue weighted by Crippen LogP contribution is 1.74. The van der Waals surface area contributed by atoms with Gasteiger partial charge in [-0.15, -0.1) is 0 Å². The zero-order valence-electron chi connectivity index (χ0n) is 8.44. The summed E-state index contributed by atoms with van der Waals surface area (Å²) in [5, 5.41) is 8.13. The normalized spacial score (nSPS) is 8.86. The van der Waals surface area contributed by atoms with Gasteiger partial charge in [0.25, 0.3) is 5.91 Å². The van der Waals surface area contributed by atoms with Gasteiger partial charge < -0.3 is 14.7 Å². The number of aliphatic hydroxyl groups excluding tert-OH is 1. The zero-order chi connectivity index (χ0) is 11.4. The highest BCUT2D eigenvalue weighted by atomic mass is 16.7. The minimum Gasteiger partial charge on any atom is -0.388 e. The van der Waals surface area contributed by atoms with Crippen molar-refractivity contribution in [3.8, 4) is 0 Å². The number of nitrogens with one attached hydrogen (secondary N) is 1. The van der Waals surface area contributed by atoms with Crippen molar-refractivity contribution in [2.45, 2.75) is 6.92 Å². The fraction of sp³-hybridized carbons (Fsp3) is 0.500. The topological polar surface area (TPSA) is 84.9 Å². The molecule has 0 fully saturated rings. The first kappa shape index (κ1) is 15.1. The van der Waals surface area contributed by atoms with E-state index >= 15 is 0 Å². The Kier molecular flexibility index (Phi) is 12.5. The van der Waals surface area contributed by atoms with Crippen LogP contribution in [0.15, 0.2) is 12.2 Å². The third-order valence-corrected chi connectivity index (χ3v) is 0.713. The standard InChI is InChI=1S/C6H9NO4.C2H6O/c1-2-3-5(9)7-11-6(10)4-8;1-3-2/h2-3,8H,4H2,1H3,(H,7,9);1-2H3. The third-order valence-electron chi connectivity index (χ3n) is 0.713. The van der Waals surface area contributed by atoms with Gasteiger partial charge in [-0.05, 0) is 6.92 Å². The largest absolute Gasteiger partial charge is 0.388 e. The van der Waals surface area contributed by atoms with Crippen LogP contribution in [-0.4, -0.2) is 37.8 Å². The lowest BCUT2D eigenvalue weighted by atomic mass is 10.5. The molecule has 6 heteroatoms. The van der Waals surface area contributed by atoms with E-state index in [1.165, 1.54) is 12.2 Å². The quantitative estimate of drug-likeness (QED) is 0.464. The number of hydrogen-bond acceptors (Lipinski definition) is 5. The molecule has 0 unspecified atom stereocenters. The SMILES string of the molecule is CC=CC(=O)NOC(=O)CO.COC. The molecular weight excluding hydrogens is 190 g/mol. The van der Waals surface area contributed by atoms with Gasteiger partial charge in [-0.2, -0.15) is 5.48 Å². The van der Waals surface area contributed by atoms with Crippen molar-refractivity contribution in [1.29, 1.82) is 0 Å². The van der Waals surface area contributed by atoms with E-state index < -0.39 is 18.5 Å². The van der Waals surface area contributed by atoms with Crippen molar-refractivity contribution in [3.63, 3.8) is 0 Å². The van der Waals surface area contributed by atoms with Crippen LogP contribution in [0.2, 0.25) is 0 Å². The fourth-order valence-corrected chi connectivity index (χ4v) is 0.325. The zero-order valence-corrected chi connectivity index (χ0v) is 8.44. The summed E-state index contributed by atoms with van der Waals surface area (Å²) >= 11 is 0. The Labute approximate surface area is 82.5 Å². The maximum Gasteiger partial charge on any atom is 0.357 e. The molecule has 0 bridgehead atoms. The molecule has 0 heterocycles. The second kappa shape index (κ2) is 11.6. The molecule has 0 atom stereocenters. The Morgan fingerprint density at radius 2 is 1.93 bits per heavy atom. The van der Waals surface area contributed by atoms with E-state index in [0.29, 0.717) is 0 Å². The first-order valence-corrected chi connectivity index (χ1v) is 3.75. The van der Waals surface area contributed by atoms with E-state index in [9.17, 15) is 9.59 Å². The smallest absolute Gasteiger partial charge is 0.357 e. The summed E-state index contributed by atoms with van der Waals surface area (Å²) < 4.78 is 4.25. The maximum atomic E-state index is 10.5. The number of methoxy groups -OCH3 is 1. The van der Waals surface area contributed by atoms with Gasteiger partial charge in [0.15, 0.2) is 0 Å². The Balaban J connectivity index is 0. The van der Waals surface area contributed by atoms with Gasteiger partial charge in [-0.1, -0.05) is 6.08 Å². The molecule has 0 spiro atoms. The summed E-state index contributed by atoms with van der Waals surface area (Å²) in [5.74, 6) is -1.45. The van der Waals surface area contributed by atoms with E-state index in [-0.39, 0.29) is 0 Å². The molecule has 6 nitrogen and oxygen atoms in total. The number of amides is 1. The number of carbonyl (C=O) groups excluding carboxylic acids is 2. The average molecular weight is 205 g/mol. The van der Waals surface area contributed by atoms with E-state index in [0.717, 1.165) is 0 Å². The average Bonchev–Trinajstić information content (AvgIpc) is 2.16. The monoisotopic (exact) mass is 205 g/mol. The van der Waals surface area contributed by atoms with Gasteiger partial charge in [0.05, 0.1) is 0 Å². The van der Waals surface area contributed by atoms with Crippen LogP contribution in [0.1, 0.15) is 6.92 Å². The summed E-state index contributed by atoms with van der Waals surface area (Å²) in [7, 11) is 3.25. The Morgan fingerprint density at radius 3 is 2.29 bits per heavy atom. The van der Waals surface area contributed by atoms with Gasteiger partial charge in [0.2, 0.25) is 0 Å². The Hall–Kier alpha value is -1.40. The number of allylic oxidation sites excluding steroid dienone is 1. The predicted octanol–water partition coefficient (Wildman–Crippen LogP) is -0.608. The number of hydrogen-bond donors (Lipinski definition) is 2. The molecule has 0 saturated carbocycles. The van der Waals surface area contributed by atoms with Crippen LogP contribution in [0.3, 0.4) is 0 Å². The first-order chi connectivity index (χ1) is 6.62. The van der Waals surface area contributed by atoms with Crippen molar-refractivity contribution in [3.05, 3.63) is 12.2 Å². The predicted molar refractivity (Wildman–Crippen MR) is 49.1 cm³/mol. The second-order valence-electron chi connectivity index (χ2n) is 2.01. The molecule has 82 valence electrons. The van der Waals surface area contributed by atoms with Crippen LogP contribution in [0.5, 0.6) is 0 Å². The van der Waals surface area contributed by atoms with Gasteiger partial charge in [-0.3, -0.25) is 4.79 Å². The first-order valence-electron chi connectivity index (χ1n) is 3.75. The van der Waals surface area contributed by atoms with Crippen LogP contribution in [0, 0.1) is 0 Å². The van der Waals surface area contributed by atoms with Crippen molar-refractivity contribution >= 4 is 11.9 Å². The molecule has 0 aliphatic carbocycles. The van der Waals surface area contributed by atoms with Crippen LogP contribution in [0.25, 0.3) is 0 Å². The molecule has 0 aliphatic rings. The lowest BCUT2D eigenvalue weighted by Gasteiger charge is -1.99. The molecule has 2 N–H and O–H groups in total. The van der Waals surface area contributed by atoms with Crippen LogP contribution < -0.4 is 5.48 Å². The van der Waals surface area contributed by atoms with Gasteiger partial charge in [-0.25, -0.2) is 4.79 Å². The van der Waals surface area contributed by atoms with Crippen LogP contribution in [-0.2, 0) is 19.2 Å².